The summed E-state index contributed by atoms with van der Waals surface area (Å²) in [6.07, 6.45) is 5.31. The molecule has 1 unspecified atom stereocenters. The van der Waals surface area contributed by atoms with Crippen LogP contribution in [0.3, 0.4) is 0 Å². The third-order valence-electron chi connectivity index (χ3n) is 3.49. The van der Waals surface area contributed by atoms with Crippen LogP contribution in [0.1, 0.15) is 23.2 Å². The molecule has 0 radical (unpaired) electrons. The number of hydrogen-bond donors (Lipinski definition) is 1. The van der Waals surface area contributed by atoms with Gasteiger partial charge in [0.05, 0.1) is 23.0 Å². The summed E-state index contributed by atoms with van der Waals surface area (Å²) >= 11 is 0. The first-order valence-electron chi connectivity index (χ1n) is 6.29. The van der Waals surface area contributed by atoms with Crippen molar-refractivity contribution in [3.05, 3.63) is 30.1 Å². The Kier molecular flexibility index (Phi) is 2.87. The van der Waals surface area contributed by atoms with Crippen molar-refractivity contribution in [1.29, 1.82) is 0 Å². The number of aromatic nitrogens is 2. The zero-order valence-electron chi connectivity index (χ0n) is 10.7. The second kappa shape index (κ2) is 4.55. The van der Waals surface area contributed by atoms with Crippen molar-refractivity contribution < 1.29 is 9.53 Å². The lowest BCUT2D eigenvalue weighted by Crippen LogP contribution is -2.33. The summed E-state index contributed by atoms with van der Waals surface area (Å²) in [7, 11) is 1.92. The molecule has 1 aliphatic rings. The van der Waals surface area contributed by atoms with Crippen molar-refractivity contribution in [1.82, 2.24) is 9.61 Å². The molecular weight excluding hydrogens is 244 g/mol. The van der Waals surface area contributed by atoms with Gasteiger partial charge < -0.3 is 15.4 Å². The Balaban J connectivity index is 2.15. The number of hydrogen-bond acceptors (Lipinski definition) is 4. The highest BCUT2D eigenvalue weighted by molar-refractivity contribution is 6.02. The van der Waals surface area contributed by atoms with E-state index in [0.717, 1.165) is 30.7 Å². The topological polar surface area (TPSA) is 72.9 Å². The van der Waals surface area contributed by atoms with E-state index >= 15 is 0 Å². The Hall–Kier alpha value is -2.08. The van der Waals surface area contributed by atoms with Gasteiger partial charge >= 0.3 is 0 Å². The van der Waals surface area contributed by atoms with E-state index in [1.807, 2.05) is 30.3 Å². The van der Waals surface area contributed by atoms with Gasteiger partial charge in [-0.25, -0.2) is 4.52 Å². The van der Waals surface area contributed by atoms with Crippen LogP contribution >= 0.6 is 0 Å². The third kappa shape index (κ3) is 1.94. The molecule has 1 atom stereocenters. The van der Waals surface area contributed by atoms with E-state index in [9.17, 15) is 4.79 Å². The molecule has 2 aromatic heterocycles. The summed E-state index contributed by atoms with van der Waals surface area (Å²) in [6.45, 7) is 0.753. The monoisotopic (exact) mass is 260 g/mol. The normalized spacial score (nSPS) is 18.9. The minimum atomic E-state index is -0.476. The van der Waals surface area contributed by atoms with Crippen LogP contribution in [-0.2, 0) is 4.74 Å². The van der Waals surface area contributed by atoms with E-state index in [-0.39, 0.29) is 6.23 Å². The average Bonchev–Trinajstić information content (AvgIpc) is 3.06. The number of anilines is 1. The van der Waals surface area contributed by atoms with E-state index in [1.54, 1.807) is 4.52 Å². The van der Waals surface area contributed by atoms with Crippen LogP contribution in [-0.4, -0.2) is 35.4 Å². The van der Waals surface area contributed by atoms with Crippen LogP contribution in [0, 0.1) is 0 Å². The molecule has 2 aromatic rings. The Morgan fingerprint density at radius 3 is 3.16 bits per heavy atom. The maximum atomic E-state index is 11.6. The first kappa shape index (κ1) is 12.0. The maximum absolute atomic E-state index is 11.6. The number of carbonyl (C=O) groups excluding carboxylic acids is 1. The van der Waals surface area contributed by atoms with E-state index in [4.69, 9.17) is 10.5 Å². The SMILES string of the molecule is CN(c1c(C(N)=O)cnn2cccc12)C1CCCO1. The first-order valence-corrected chi connectivity index (χ1v) is 6.29. The molecule has 6 heteroatoms. The molecule has 100 valence electrons. The van der Waals surface area contributed by atoms with Gasteiger partial charge in [0.25, 0.3) is 5.91 Å². The molecule has 6 nitrogen and oxygen atoms in total. The third-order valence-corrected chi connectivity index (χ3v) is 3.49. The van der Waals surface area contributed by atoms with Crippen LogP contribution in [0.4, 0.5) is 5.69 Å². The van der Waals surface area contributed by atoms with Crippen LogP contribution in [0.2, 0.25) is 0 Å². The van der Waals surface area contributed by atoms with Crippen LogP contribution < -0.4 is 10.6 Å². The molecule has 0 bridgehead atoms. The van der Waals surface area contributed by atoms with Gasteiger partial charge in [-0.3, -0.25) is 4.79 Å². The maximum Gasteiger partial charge on any atom is 0.252 e. The van der Waals surface area contributed by atoms with E-state index < -0.39 is 5.91 Å². The Morgan fingerprint density at radius 2 is 2.47 bits per heavy atom. The molecular formula is C13H16N4O2. The van der Waals surface area contributed by atoms with Crippen molar-refractivity contribution in [2.45, 2.75) is 19.1 Å². The number of ether oxygens (including phenoxy) is 1. The van der Waals surface area contributed by atoms with Crippen LogP contribution in [0.15, 0.2) is 24.5 Å². The molecule has 1 fully saturated rings. The number of nitrogens with zero attached hydrogens (tertiary/aromatic N) is 3. The molecule has 0 aliphatic carbocycles. The van der Waals surface area contributed by atoms with Gasteiger partial charge in [0.1, 0.15) is 6.23 Å². The lowest BCUT2D eigenvalue weighted by atomic mass is 10.2. The quantitative estimate of drug-likeness (QED) is 0.893. The van der Waals surface area contributed by atoms with Gasteiger partial charge in [0.15, 0.2) is 0 Å². The highest BCUT2D eigenvalue weighted by Gasteiger charge is 2.25. The Bertz CT molecular complexity index is 616. The van der Waals surface area contributed by atoms with Crippen LogP contribution in [0.25, 0.3) is 5.52 Å². The smallest absolute Gasteiger partial charge is 0.252 e. The second-order valence-electron chi connectivity index (χ2n) is 4.69. The summed E-state index contributed by atoms with van der Waals surface area (Å²) < 4.78 is 7.40. The van der Waals surface area contributed by atoms with Crippen molar-refractivity contribution in [3.8, 4) is 0 Å². The molecule has 19 heavy (non-hydrogen) atoms. The highest BCUT2D eigenvalue weighted by Crippen LogP contribution is 2.29. The minimum Gasteiger partial charge on any atom is -0.365 e. The standard InChI is InChI=1S/C13H16N4O2/c1-16(11-5-3-7-19-11)12-9(13(14)18)8-15-17-6-2-4-10(12)17/h2,4,6,8,11H,3,5,7H2,1H3,(H2,14,18). The van der Waals surface area contributed by atoms with E-state index in [0.29, 0.717) is 5.56 Å². The zero-order valence-corrected chi connectivity index (χ0v) is 10.7. The van der Waals surface area contributed by atoms with Crippen molar-refractivity contribution in [3.63, 3.8) is 0 Å². The zero-order chi connectivity index (χ0) is 13.4. The average molecular weight is 260 g/mol. The van der Waals surface area contributed by atoms with Crippen molar-refractivity contribution >= 4 is 17.1 Å². The minimum absolute atomic E-state index is 0.0146. The van der Waals surface area contributed by atoms with Gasteiger partial charge in [-0.05, 0) is 25.0 Å². The summed E-state index contributed by atoms with van der Waals surface area (Å²) in [5.74, 6) is -0.476. The molecule has 0 aromatic carbocycles. The molecule has 0 saturated carbocycles. The molecule has 0 spiro atoms. The number of rotatable bonds is 3. The highest BCUT2D eigenvalue weighted by atomic mass is 16.5. The fraction of sp³-hybridized carbons (Fsp3) is 0.385. The predicted molar refractivity (Wildman–Crippen MR) is 71.1 cm³/mol. The molecule has 1 amide bonds. The van der Waals surface area contributed by atoms with Crippen LogP contribution in [0.5, 0.6) is 0 Å². The first-order chi connectivity index (χ1) is 9.18. The fourth-order valence-electron chi connectivity index (χ4n) is 2.54. The lowest BCUT2D eigenvalue weighted by molar-refractivity contribution is 0.0996. The van der Waals surface area contributed by atoms with Crippen molar-refractivity contribution in [2.75, 3.05) is 18.6 Å². The van der Waals surface area contributed by atoms with E-state index in [1.165, 1.54) is 6.20 Å². The van der Waals surface area contributed by atoms with Gasteiger partial charge in [0.2, 0.25) is 0 Å². The number of amides is 1. The summed E-state index contributed by atoms with van der Waals surface area (Å²) in [5, 5.41) is 4.18. The summed E-state index contributed by atoms with van der Waals surface area (Å²) in [5.41, 5.74) is 7.51. The predicted octanol–water partition coefficient (Wildman–Crippen LogP) is 1.01. The molecule has 3 heterocycles. The second-order valence-corrected chi connectivity index (χ2v) is 4.69. The molecule has 1 aliphatic heterocycles. The number of carbonyl (C=O) groups is 1. The fourth-order valence-corrected chi connectivity index (χ4v) is 2.54. The molecule has 3 rings (SSSR count). The Morgan fingerprint density at radius 1 is 1.63 bits per heavy atom. The van der Waals surface area contributed by atoms with Gasteiger partial charge in [-0.15, -0.1) is 0 Å². The van der Waals surface area contributed by atoms with Gasteiger partial charge in [-0.2, -0.15) is 5.10 Å². The largest absolute Gasteiger partial charge is 0.365 e. The summed E-state index contributed by atoms with van der Waals surface area (Å²) in [6, 6.07) is 3.81. The lowest BCUT2D eigenvalue weighted by Gasteiger charge is -2.27. The van der Waals surface area contributed by atoms with Gasteiger partial charge in [0, 0.05) is 19.9 Å². The summed E-state index contributed by atoms with van der Waals surface area (Å²) in [4.78, 5) is 13.6. The number of nitrogens with two attached hydrogens (primary N) is 1. The number of primary amides is 1. The van der Waals surface area contributed by atoms with Crippen molar-refractivity contribution in [2.24, 2.45) is 5.73 Å². The molecule has 1 saturated heterocycles. The van der Waals surface area contributed by atoms with Gasteiger partial charge in [-0.1, -0.05) is 0 Å². The Labute approximate surface area is 110 Å². The molecule has 2 N–H and O–H groups in total. The van der Waals surface area contributed by atoms with E-state index in [2.05, 4.69) is 5.10 Å². The number of fused-ring (bicyclic) bond motifs is 1.